The van der Waals surface area contributed by atoms with Crippen molar-refractivity contribution in [2.24, 2.45) is 0 Å². The van der Waals surface area contributed by atoms with E-state index in [0.29, 0.717) is 4.86 Å². The van der Waals surface area contributed by atoms with Crippen LogP contribution in [0, 0.1) is 0 Å². The maximum Gasteiger partial charge on any atom is 1.00 e. The maximum absolute atomic E-state index is 11.6. The van der Waals surface area contributed by atoms with Crippen molar-refractivity contribution in [3.63, 3.8) is 0 Å². The van der Waals surface area contributed by atoms with E-state index in [1.54, 1.807) is 0 Å². The van der Waals surface area contributed by atoms with Crippen LogP contribution in [-0.4, -0.2) is 54.7 Å². The summed E-state index contributed by atoms with van der Waals surface area (Å²) in [7, 11) is -17.5. The quantitative estimate of drug-likeness (QED) is 0.190. The van der Waals surface area contributed by atoms with Crippen molar-refractivity contribution >= 4 is 40.3 Å². The Morgan fingerprint density at radius 3 is 2.44 bits per heavy atom. The van der Waals surface area contributed by atoms with Crippen molar-refractivity contribution in [3.05, 3.63) is 12.7 Å². The van der Waals surface area contributed by atoms with Crippen molar-refractivity contribution in [2.45, 2.75) is 24.5 Å². The predicted molar refractivity (Wildman–Crippen MR) is 88.7 cm³/mol. The number of phosphoric ester groups is 1. The van der Waals surface area contributed by atoms with Gasteiger partial charge in [-0.1, -0.05) is 0 Å². The van der Waals surface area contributed by atoms with Crippen molar-refractivity contribution in [2.75, 3.05) is 12.3 Å². The van der Waals surface area contributed by atoms with E-state index in [-0.39, 0.29) is 35.8 Å². The number of ether oxygens (including phenoxy) is 1. The van der Waals surface area contributed by atoms with Gasteiger partial charge in [0.05, 0.1) is 12.9 Å². The van der Waals surface area contributed by atoms with E-state index in [4.69, 9.17) is 10.5 Å². The Morgan fingerprint density at radius 2 is 1.81 bits per heavy atom. The molecule has 174 valence electrons. The van der Waals surface area contributed by atoms with Crippen molar-refractivity contribution in [3.8, 4) is 0 Å². The first-order valence-electron chi connectivity index (χ1n) is 7.93. The molecule has 3 rings (SSSR count). The van der Waals surface area contributed by atoms with Crippen LogP contribution in [-0.2, 0) is 27.3 Å². The molecule has 3 heterocycles. The number of nitrogens with one attached hydrogen (secondary N) is 1. The van der Waals surface area contributed by atoms with Crippen LogP contribution < -0.4 is 49.0 Å². The first-order valence-corrected chi connectivity index (χ1v) is 12.5. The summed E-state index contributed by atoms with van der Waals surface area (Å²) in [5.41, 5.74) is 5.94. The van der Waals surface area contributed by atoms with Gasteiger partial charge in [-0.2, -0.15) is 0 Å². The van der Waals surface area contributed by atoms with Crippen LogP contribution in [0.4, 0.5) is 5.82 Å². The molecule has 1 aliphatic rings. The van der Waals surface area contributed by atoms with Crippen molar-refractivity contribution in [1.82, 2.24) is 24.4 Å². The summed E-state index contributed by atoms with van der Waals surface area (Å²) in [6, 6.07) is 0. The number of nitrogens with two attached hydrogens (primary N) is 1. The summed E-state index contributed by atoms with van der Waals surface area (Å²) in [5, 5.41) is 20.3. The Balaban J connectivity index is 0.00000363. The summed E-state index contributed by atoms with van der Waals surface area (Å²) in [5.74, 6) is 0.0254. The molecule has 0 radical (unpaired) electrons. The molecule has 0 bridgehead atoms. The zero-order valence-corrected chi connectivity index (χ0v) is 18.5. The van der Waals surface area contributed by atoms with Crippen LogP contribution in [0.1, 0.15) is 6.23 Å². The second-order valence-corrected chi connectivity index (χ2v) is 10.6. The largest absolute Gasteiger partial charge is 1.00 e. The molecule has 6 atom stereocenters. The molecule has 0 amide bonds. The van der Waals surface area contributed by atoms with Gasteiger partial charge in [0.15, 0.2) is 17.7 Å². The molecule has 5 N–H and O–H groups in total. The molecule has 1 saturated heterocycles. The number of imidazole rings is 1. The van der Waals surface area contributed by atoms with Crippen LogP contribution in [0.25, 0.3) is 11.2 Å². The second kappa shape index (κ2) is 9.85. The third-order valence-corrected chi connectivity index (χ3v) is 7.93. The smallest absolute Gasteiger partial charge is 0.799 e. The summed E-state index contributed by atoms with van der Waals surface area (Å²) in [4.78, 5) is 55.8. The van der Waals surface area contributed by atoms with Crippen LogP contribution in [0.2, 0.25) is 0 Å². The normalized spacial score (nSPS) is 27.6. The molecule has 0 aromatic carbocycles. The van der Waals surface area contributed by atoms with Gasteiger partial charge in [-0.05, 0) is 0 Å². The minimum Gasteiger partial charge on any atom is -0.799 e. The number of aliphatic hydroxyl groups is 2. The molecule has 2 aromatic rings. The van der Waals surface area contributed by atoms with Gasteiger partial charge in [0.2, 0.25) is 7.75 Å². The van der Waals surface area contributed by atoms with Gasteiger partial charge in [-0.3, -0.25) is 18.0 Å². The predicted octanol–water partition coefficient (Wildman–Crippen LogP) is -7.58. The summed E-state index contributed by atoms with van der Waals surface area (Å²) in [6.45, 7) is -1.05. The zero-order chi connectivity index (χ0) is 23.2. The van der Waals surface area contributed by atoms with E-state index >= 15 is 0 Å². The van der Waals surface area contributed by atoms with Gasteiger partial charge in [0, 0.05) is 7.75 Å². The molecule has 0 saturated carbocycles. The first-order chi connectivity index (χ1) is 14.2. The molecule has 2 unspecified atom stereocenters. The van der Waals surface area contributed by atoms with Crippen LogP contribution in [0.15, 0.2) is 12.7 Å². The van der Waals surface area contributed by atoms with E-state index in [1.807, 2.05) is 0 Å². The fourth-order valence-electron chi connectivity index (χ4n) is 2.64. The Labute approximate surface area is 190 Å². The molecular formula is C10H13LiN6O12P3-3. The van der Waals surface area contributed by atoms with Gasteiger partial charge < -0.3 is 49.3 Å². The Bertz CT molecular complexity index is 1110. The van der Waals surface area contributed by atoms with E-state index in [0.717, 1.165) is 6.33 Å². The zero-order valence-electron chi connectivity index (χ0n) is 15.9. The number of aromatic nitrogens is 4. The van der Waals surface area contributed by atoms with E-state index in [9.17, 15) is 43.5 Å². The van der Waals surface area contributed by atoms with Crippen LogP contribution >= 0.6 is 23.3 Å². The first kappa shape index (κ1) is 27.5. The van der Waals surface area contributed by atoms with E-state index < -0.39 is 54.5 Å². The molecule has 18 nitrogen and oxygen atoms in total. The van der Waals surface area contributed by atoms with Gasteiger partial charge in [-0.25, -0.2) is 19.8 Å². The van der Waals surface area contributed by atoms with Crippen LogP contribution in [0.3, 0.4) is 0 Å². The molecule has 1 fully saturated rings. The maximum atomic E-state index is 11.6. The molecule has 22 heteroatoms. The molecule has 0 aliphatic carbocycles. The monoisotopic (exact) mass is 509 g/mol. The number of hydrogen-bond donors (Lipinski definition) is 4. The van der Waals surface area contributed by atoms with E-state index in [1.165, 1.54) is 10.9 Å². The molecule has 0 spiro atoms. The topological polar surface area (TPSA) is 293 Å². The van der Waals surface area contributed by atoms with Gasteiger partial charge in [0.25, 0.3) is 7.82 Å². The molecule has 1 aliphatic heterocycles. The van der Waals surface area contributed by atoms with Crippen LogP contribution in [0.5, 0.6) is 0 Å². The number of anilines is 1. The minimum atomic E-state index is -5.89. The van der Waals surface area contributed by atoms with Crippen molar-refractivity contribution < 1.29 is 75.9 Å². The Hall–Kier alpha value is -0.763. The molecule has 32 heavy (non-hydrogen) atoms. The standard InChI is InChI=1S/C10H17N6O12P3.Li/c11-8-5-9(13-2-12-8)16(3-14-5)10-7(18)6(17)4(27-10)1-26-31(24,25)28-30(22,23)15-29(19,20)21;/h2-4,6-7,10,17-18H,1H2,(H,24,25)(H2,11,12,13)(H4,15,19,20,21,22,23);/q;+1/p-4/t4-,6-,7-,10-;/m1./s1. The Morgan fingerprint density at radius 1 is 1.16 bits per heavy atom. The SMILES string of the molecule is Nc1ncnc2c1ncn2[C@@H]1O[C@H](COP(=O)([O-])OP(=O)([O-])NP(=O)([O-])[O-])[C@@H](O)[C@H]1O.[Li+]. The third-order valence-electron chi connectivity index (χ3n) is 3.85. The van der Waals surface area contributed by atoms with Gasteiger partial charge in [0.1, 0.15) is 30.2 Å². The fraction of sp³-hybridized carbons (Fsp3) is 0.500. The summed E-state index contributed by atoms with van der Waals surface area (Å²) >= 11 is 0. The number of nitrogen functional groups attached to an aromatic ring is 1. The number of aliphatic hydroxyl groups excluding tert-OH is 2. The number of phosphoric acid groups is 1. The molecular weight excluding hydrogens is 496 g/mol. The second-order valence-electron chi connectivity index (χ2n) is 6.05. The molecule has 2 aromatic heterocycles. The van der Waals surface area contributed by atoms with E-state index in [2.05, 4.69) is 23.8 Å². The van der Waals surface area contributed by atoms with Gasteiger partial charge in [-0.15, -0.1) is 0 Å². The average Bonchev–Trinajstić information content (AvgIpc) is 3.13. The fourth-order valence-corrected chi connectivity index (χ4v) is 5.89. The van der Waals surface area contributed by atoms with Gasteiger partial charge >= 0.3 is 18.9 Å². The number of fused-ring (bicyclic) bond motifs is 1. The summed E-state index contributed by atoms with van der Waals surface area (Å²) < 4.78 is 47.6. The Kier molecular flexibility index (Phi) is 8.46. The number of nitrogens with zero attached hydrogens (tertiary/aromatic N) is 4. The van der Waals surface area contributed by atoms with Crippen molar-refractivity contribution in [1.29, 1.82) is 0 Å². The average molecular weight is 509 g/mol. The third kappa shape index (κ3) is 6.42. The minimum absolute atomic E-state index is 0. The number of hydrogen-bond acceptors (Lipinski definition) is 16. The summed E-state index contributed by atoms with van der Waals surface area (Å²) in [6.07, 6.45) is -3.92. The number of rotatable bonds is 8.